The van der Waals surface area contributed by atoms with Gasteiger partial charge in [-0.25, -0.2) is 4.98 Å². The first-order chi connectivity index (χ1) is 11.6. The van der Waals surface area contributed by atoms with E-state index in [1.54, 1.807) is 12.1 Å². The average molecular weight is 354 g/mol. The van der Waals surface area contributed by atoms with E-state index < -0.39 is 0 Å². The molecule has 0 unspecified atom stereocenters. The van der Waals surface area contributed by atoms with Crippen LogP contribution in [0.15, 0.2) is 18.3 Å². The topological polar surface area (TPSA) is 76.0 Å². The summed E-state index contributed by atoms with van der Waals surface area (Å²) >= 11 is 5.77. The normalized spacial score (nSPS) is 21.7. The van der Waals surface area contributed by atoms with E-state index >= 15 is 0 Å². The SMILES string of the molecule is O=C(C[NH+]1CCN(C(=O)[C@@H]2CCCO2)CC1)Nc1ccc(Cl)cn1. The minimum Gasteiger partial charge on any atom is -0.368 e. The summed E-state index contributed by atoms with van der Waals surface area (Å²) in [6.07, 6.45) is 3.02. The molecule has 7 nitrogen and oxygen atoms in total. The van der Waals surface area contributed by atoms with Crippen LogP contribution in [0.25, 0.3) is 0 Å². The number of nitrogens with zero attached hydrogens (tertiary/aromatic N) is 2. The van der Waals surface area contributed by atoms with Gasteiger partial charge < -0.3 is 19.9 Å². The lowest BCUT2D eigenvalue weighted by Gasteiger charge is -2.33. The van der Waals surface area contributed by atoms with Crippen LogP contribution in [-0.4, -0.2) is 67.1 Å². The summed E-state index contributed by atoms with van der Waals surface area (Å²) in [5.74, 6) is 0.510. The highest BCUT2D eigenvalue weighted by molar-refractivity contribution is 6.30. The summed E-state index contributed by atoms with van der Waals surface area (Å²) in [4.78, 5) is 31.5. The highest BCUT2D eigenvalue weighted by Crippen LogP contribution is 2.14. The summed E-state index contributed by atoms with van der Waals surface area (Å²) in [7, 11) is 0. The zero-order valence-corrected chi connectivity index (χ0v) is 14.2. The maximum absolute atomic E-state index is 12.3. The number of anilines is 1. The van der Waals surface area contributed by atoms with Crippen LogP contribution in [0.5, 0.6) is 0 Å². The lowest BCUT2D eigenvalue weighted by atomic mass is 10.2. The van der Waals surface area contributed by atoms with E-state index in [4.69, 9.17) is 16.3 Å². The van der Waals surface area contributed by atoms with Gasteiger partial charge in [0.2, 0.25) is 0 Å². The van der Waals surface area contributed by atoms with Gasteiger partial charge in [-0.15, -0.1) is 0 Å². The van der Waals surface area contributed by atoms with Gasteiger partial charge in [0.25, 0.3) is 11.8 Å². The zero-order chi connectivity index (χ0) is 16.9. The molecule has 2 N–H and O–H groups in total. The Labute approximate surface area is 145 Å². The van der Waals surface area contributed by atoms with E-state index in [1.807, 2.05) is 4.90 Å². The summed E-state index contributed by atoms with van der Waals surface area (Å²) < 4.78 is 5.46. The highest BCUT2D eigenvalue weighted by Gasteiger charge is 2.31. The maximum atomic E-state index is 12.3. The fraction of sp³-hybridized carbons (Fsp3) is 0.562. The quantitative estimate of drug-likeness (QED) is 0.771. The van der Waals surface area contributed by atoms with Crippen molar-refractivity contribution in [3.63, 3.8) is 0 Å². The Morgan fingerprint density at radius 1 is 1.38 bits per heavy atom. The number of hydrogen-bond donors (Lipinski definition) is 2. The number of halogens is 1. The standard InChI is InChI=1S/C16H21ClN4O3/c17-12-3-4-14(18-10-12)19-15(22)11-20-5-7-21(8-6-20)16(23)13-2-1-9-24-13/h3-4,10,13H,1-2,5-9,11H2,(H,18,19,22)/p+1/t13-/m0/s1. The molecule has 24 heavy (non-hydrogen) atoms. The highest BCUT2D eigenvalue weighted by atomic mass is 35.5. The van der Waals surface area contributed by atoms with Gasteiger partial charge in [-0.2, -0.15) is 0 Å². The first-order valence-corrected chi connectivity index (χ1v) is 8.65. The fourth-order valence-corrected chi connectivity index (χ4v) is 3.17. The first kappa shape index (κ1) is 17.1. The predicted octanol–water partition coefficient (Wildman–Crippen LogP) is -0.420. The molecule has 8 heteroatoms. The Morgan fingerprint density at radius 3 is 2.79 bits per heavy atom. The number of aromatic nitrogens is 1. The van der Waals surface area contributed by atoms with E-state index in [-0.39, 0.29) is 17.9 Å². The van der Waals surface area contributed by atoms with Crippen molar-refractivity contribution in [2.45, 2.75) is 18.9 Å². The number of amides is 2. The van der Waals surface area contributed by atoms with Crippen molar-refractivity contribution in [1.29, 1.82) is 0 Å². The molecule has 2 saturated heterocycles. The molecule has 0 aliphatic carbocycles. The average Bonchev–Trinajstić information content (AvgIpc) is 3.11. The van der Waals surface area contributed by atoms with Crippen LogP contribution in [0, 0.1) is 0 Å². The van der Waals surface area contributed by atoms with Gasteiger partial charge in [-0.1, -0.05) is 11.6 Å². The van der Waals surface area contributed by atoms with E-state index in [0.717, 1.165) is 30.8 Å². The number of piperazine rings is 1. The van der Waals surface area contributed by atoms with Crippen molar-refractivity contribution >= 4 is 29.2 Å². The van der Waals surface area contributed by atoms with E-state index in [0.29, 0.717) is 37.1 Å². The summed E-state index contributed by atoms with van der Waals surface area (Å²) in [5.41, 5.74) is 0. The van der Waals surface area contributed by atoms with Crippen LogP contribution >= 0.6 is 11.6 Å². The molecule has 2 fully saturated rings. The number of carbonyl (C=O) groups excluding carboxylic acids is 2. The van der Waals surface area contributed by atoms with Gasteiger partial charge in [0, 0.05) is 12.8 Å². The molecule has 0 aromatic carbocycles. The van der Waals surface area contributed by atoms with Crippen LogP contribution in [0.2, 0.25) is 5.02 Å². The Bertz CT molecular complexity index is 581. The molecule has 0 spiro atoms. The molecule has 2 aliphatic heterocycles. The molecule has 1 aromatic rings. The Balaban J connectivity index is 1.42. The van der Waals surface area contributed by atoms with Crippen molar-refractivity contribution in [3.8, 4) is 0 Å². The third-order valence-electron chi connectivity index (χ3n) is 4.39. The van der Waals surface area contributed by atoms with Crippen molar-refractivity contribution in [3.05, 3.63) is 23.4 Å². The van der Waals surface area contributed by atoms with Gasteiger partial charge in [-0.05, 0) is 25.0 Å². The third kappa shape index (κ3) is 4.43. The minimum atomic E-state index is -0.258. The van der Waals surface area contributed by atoms with Crippen LogP contribution in [0.1, 0.15) is 12.8 Å². The molecule has 2 aliphatic rings. The molecule has 3 heterocycles. The predicted molar refractivity (Wildman–Crippen MR) is 89.0 cm³/mol. The van der Waals surface area contributed by atoms with Gasteiger partial charge >= 0.3 is 0 Å². The summed E-state index contributed by atoms with van der Waals surface area (Å²) in [5, 5.41) is 3.30. The maximum Gasteiger partial charge on any atom is 0.280 e. The first-order valence-electron chi connectivity index (χ1n) is 8.27. The van der Waals surface area contributed by atoms with Crippen LogP contribution in [-0.2, 0) is 14.3 Å². The Morgan fingerprint density at radius 2 is 2.17 bits per heavy atom. The molecule has 3 rings (SSSR count). The second kappa shape index (κ2) is 7.92. The second-order valence-corrected chi connectivity index (χ2v) is 6.60. The minimum absolute atomic E-state index is 0.0845. The second-order valence-electron chi connectivity index (χ2n) is 6.16. The molecule has 0 saturated carbocycles. The van der Waals surface area contributed by atoms with Gasteiger partial charge in [-0.3, -0.25) is 9.59 Å². The van der Waals surface area contributed by atoms with Crippen molar-refractivity contribution in [1.82, 2.24) is 9.88 Å². The molecule has 0 radical (unpaired) electrons. The van der Waals surface area contributed by atoms with Crippen LogP contribution in [0.4, 0.5) is 5.82 Å². The van der Waals surface area contributed by atoms with Crippen LogP contribution in [0.3, 0.4) is 0 Å². The fourth-order valence-electron chi connectivity index (χ4n) is 3.06. The van der Waals surface area contributed by atoms with E-state index in [9.17, 15) is 9.59 Å². The third-order valence-corrected chi connectivity index (χ3v) is 4.62. The number of quaternary nitrogens is 1. The monoisotopic (exact) mass is 353 g/mol. The van der Waals surface area contributed by atoms with Crippen molar-refractivity contribution in [2.24, 2.45) is 0 Å². The lowest BCUT2D eigenvalue weighted by Crippen LogP contribution is -3.15. The van der Waals surface area contributed by atoms with Gasteiger partial charge in [0.15, 0.2) is 6.54 Å². The summed E-state index contributed by atoms with van der Waals surface area (Å²) in [6.45, 7) is 3.91. The smallest absolute Gasteiger partial charge is 0.280 e. The number of nitrogens with one attached hydrogen (secondary N) is 2. The lowest BCUT2D eigenvalue weighted by molar-refractivity contribution is -0.895. The van der Waals surface area contributed by atoms with E-state index in [1.165, 1.54) is 6.20 Å². The molecule has 1 atom stereocenters. The molecule has 0 bridgehead atoms. The Kier molecular flexibility index (Phi) is 5.65. The Hall–Kier alpha value is -1.70. The molecular weight excluding hydrogens is 332 g/mol. The number of ether oxygens (including phenoxy) is 1. The number of pyridine rings is 1. The van der Waals surface area contributed by atoms with Crippen molar-refractivity contribution < 1.29 is 19.2 Å². The molecular formula is C16H22ClN4O3+. The summed E-state index contributed by atoms with van der Waals surface area (Å²) in [6, 6.07) is 3.36. The number of carbonyl (C=O) groups is 2. The largest absolute Gasteiger partial charge is 0.368 e. The number of rotatable bonds is 4. The molecule has 1 aromatic heterocycles. The van der Waals surface area contributed by atoms with Gasteiger partial charge in [0.1, 0.15) is 11.9 Å². The molecule has 130 valence electrons. The van der Waals surface area contributed by atoms with Gasteiger partial charge in [0.05, 0.1) is 31.2 Å². The van der Waals surface area contributed by atoms with Crippen LogP contribution < -0.4 is 10.2 Å². The number of hydrogen-bond acceptors (Lipinski definition) is 4. The molecule has 2 amide bonds. The van der Waals surface area contributed by atoms with Crippen molar-refractivity contribution in [2.75, 3.05) is 44.6 Å². The zero-order valence-electron chi connectivity index (χ0n) is 13.5. The van der Waals surface area contributed by atoms with E-state index in [2.05, 4.69) is 10.3 Å².